The van der Waals surface area contributed by atoms with Crippen molar-refractivity contribution in [2.24, 2.45) is 0 Å². The maximum absolute atomic E-state index is 4.32. The average molecular weight is 190 g/mol. The summed E-state index contributed by atoms with van der Waals surface area (Å²) >= 11 is 0. The second-order valence-electron chi connectivity index (χ2n) is 4.42. The number of aryl methyl sites for hydroxylation is 1. The van der Waals surface area contributed by atoms with Gasteiger partial charge in [-0.05, 0) is 27.7 Å². The van der Waals surface area contributed by atoms with Crippen molar-refractivity contribution in [1.82, 2.24) is 19.5 Å². The first-order valence-electron chi connectivity index (χ1n) is 4.65. The lowest BCUT2D eigenvalue weighted by atomic mass is 10.1. The van der Waals surface area contributed by atoms with E-state index in [1.165, 1.54) is 0 Å². The molecule has 0 atom stereocenters. The van der Waals surface area contributed by atoms with Crippen molar-refractivity contribution in [3.05, 3.63) is 18.3 Å². The molecule has 0 saturated heterocycles. The fourth-order valence-electron chi connectivity index (χ4n) is 1.44. The molecule has 4 heteroatoms. The van der Waals surface area contributed by atoms with E-state index in [1.54, 1.807) is 6.33 Å². The molecule has 2 aromatic heterocycles. The highest BCUT2D eigenvalue weighted by Gasteiger charge is 2.17. The van der Waals surface area contributed by atoms with Crippen LogP contribution in [0.5, 0.6) is 0 Å². The molecule has 2 aromatic rings. The molecule has 0 bridgehead atoms. The van der Waals surface area contributed by atoms with E-state index in [0.29, 0.717) is 0 Å². The number of hydrogen-bond donors (Lipinski definition) is 0. The molecule has 0 saturated carbocycles. The zero-order valence-electron chi connectivity index (χ0n) is 8.94. The van der Waals surface area contributed by atoms with Crippen molar-refractivity contribution in [2.75, 3.05) is 0 Å². The minimum Gasteiger partial charge on any atom is -0.310 e. The highest BCUT2D eigenvalue weighted by Crippen LogP contribution is 2.20. The van der Waals surface area contributed by atoms with Crippen LogP contribution in [0.3, 0.4) is 0 Å². The van der Waals surface area contributed by atoms with Crippen molar-refractivity contribution in [2.45, 2.75) is 33.2 Å². The number of fused-ring (bicyclic) bond motifs is 1. The molecular formula is C10H14N4. The van der Waals surface area contributed by atoms with Crippen molar-refractivity contribution in [1.29, 1.82) is 0 Å². The van der Waals surface area contributed by atoms with Gasteiger partial charge < -0.3 is 4.57 Å². The van der Waals surface area contributed by atoms with Gasteiger partial charge in [-0.15, -0.1) is 0 Å². The van der Waals surface area contributed by atoms with Gasteiger partial charge in [0.15, 0.2) is 5.65 Å². The van der Waals surface area contributed by atoms with Crippen LogP contribution in [-0.2, 0) is 5.54 Å². The van der Waals surface area contributed by atoms with Gasteiger partial charge in [-0.25, -0.2) is 15.0 Å². The second kappa shape index (κ2) is 2.77. The quantitative estimate of drug-likeness (QED) is 0.637. The third-order valence-corrected chi connectivity index (χ3v) is 2.24. The Morgan fingerprint density at radius 3 is 2.50 bits per heavy atom. The Morgan fingerprint density at radius 1 is 1.14 bits per heavy atom. The van der Waals surface area contributed by atoms with Gasteiger partial charge in [-0.3, -0.25) is 0 Å². The Balaban J connectivity index is 2.76. The lowest BCUT2D eigenvalue weighted by Crippen LogP contribution is -2.21. The highest BCUT2D eigenvalue weighted by molar-refractivity contribution is 5.72. The highest BCUT2D eigenvalue weighted by atomic mass is 15.2. The first-order chi connectivity index (χ1) is 6.50. The summed E-state index contributed by atoms with van der Waals surface area (Å²) in [5, 5.41) is 0. The first kappa shape index (κ1) is 9.12. The zero-order chi connectivity index (χ0) is 10.3. The number of aromatic nitrogens is 4. The van der Waals surface area contributed by atoms with Crippen molar-refractivity contribution < 1.29 is 0 Å². The van der Waals surface area contributed by atoms with Crippen LogP contribution in [0.4, 0.5) is 0 Å². The molecule has 0 fully saturated rings. The summed E-state index contributed by atoms with van der Waals surface area (Å²) in [5.41, 5.74) is 2.74. The molecule has 0 aliphatic heterocycles. The molecule has 74 valence electrons. The Hall–Kier alpha value is -1.45. The zero-order valence-corrected chi connectivity index (χ0v) is 8.94. The van der Waals surface area contributed by atoms with Crippen molar-refractivity contribution in [3.63, 3.8) is 0 Å². The molecule has 4 nitrogen and oxygen atoms in total. The van der Waals surface area contributed by atoms with Crippen LogP contribution in [0.15, 0.2) is 12.7 Å². The normalized spacial score (nSPS) is 12.3. The van der Waals surface area contributed by atoms with Crippen molar-refractivity contribution in [3.8, 4) is 0 Å². The van der Waals surface area contributed by atoms with E-state index in [0.717, 1.165) is 16.9 Å². The molecule has 0 spiro atoms. The molecule has 14 heavy (non-hydrogen) atoms. The van der Waals surface area contributed by atoms with Gasteiger partial charge in [0.25, 0.3) is 0 Å². The lowest BCUT2D eigenvalue weighted by molar-refractivity contribution is 0.406. The molecule has 0 unspecified atom stereocenters. The Morgan fingerprint density at radius 2 is 1.86 bits per heavy atom. The van der Waals surface area contributed by atoms with Gasteiger partial charge in [-0.2, -0.15) is 0 Å². The van der Waals surface area contributed by atoms with Gasteiger partial charge in [0.2, 0.25) is 0 Å². The molecule has 0 radical (unpaired) electrons. The van der Waals surface area contributed by atoms with Crippen LogP contribution < -0.4 is 0 Å². The summed E-state index contributed by atoms with van der Waals surface area (Å²) in [5.74, 6) is 0. The maximum Gasteiger partial charge on any atom is 0.163 e. The Kier molecular flexibility index (Phi) is 1.80. The lowest BCUT2D eigenvalue weighted by Gasteiger charge is -2.20. The van der Waals surface area contributed by atoms with Gasteiger partial charge in [-0.1, -0.05) is 0 Å². The van der Waals surface area contributed by atoms with E-state index in [9.17, 15) is 0 Å². The molecule has 2 heterocycles. The third-order valence-electron chi connectivity index (χ3n) is 2.24. The Bertz CT molecular complexity index is 464. The molecule has 0 aliphatic rings. The van der Waals surface area contributed by atoms with Crippen LogP contribution in [0.25, 0.3) is 11.2 Å². The predicted molar refractivity (Wildman–Crippen MR) is 55.1 cm³/mol. The Labute approximate surface area is 83.0 Å². The van der Waals surface area contributed by atoms with E-state index in [1.807, 2.05) is 13.3 Å². The summed E-state index contributed by atoms with van der Waals surface area (Å²) in [7, 11) is 0. The number of rotatable bonds is 0. The van der Waals surface area contributed by atoms with E-state index in [4.69, 9.17) is 0 Å². The van der Waals surface area contributed by atoms with E-state index in [-0.39, 0.29) is 5.54 Å². The summed E-state index contributed by atoms with van der Waals surface area (Å²) < 4.78 is 2.07. The standard InChI is InChI=1S/C10H14N4/c1-7-8-9(12-5-11-7)14(6-13-8)10(2,3)4/h5-6H,1-4H3. The fourth-order valence-corrected chi connectivity index (χ4v) is 1.44. The van der Waals surface area contributed by atoms with Gasteiger partial charge in [0.05, 0.1) is 12.0 Å². The summed E-state index contributed by atoms with van der Waals surface area (Å²) in [6.45, 7) is 8.34. The topological polar surface area (TPSA) is 43.6 Å². The summed E-state index contributed by atoms with van der Waals surface area (Å²) in [6.07, 6.45) is 3.41. The summed E-state index contributed by atoms with van der Waals surface area (Å²) in [4.78, 5) is 12.7. The summed E-state index contributed by atoms with van der Waals surface area (Å²) in [6, 6.07) is 0. The smallest absolute Gasteiger partial charge is 0.163 e. The van der Waals surface area contributed by atoms with Crippen LogP contribution in [0.2, 0.25) is 0 Å². The first-order valence-corrected chi connectivity index (χ1v) is 4.65. The SMILES string of the molecule is Cc1ncnc2c1ncn2C(C)(C)C. The molecule has 2 rings (SSSR count). The van der Waals surface area contributed by atoms with Crippen molar-refractivity contribution >= 4 is 11.2 Å². The average Bonchev–Trinajstić information content (AvgIpc) is 2.47. The third kappa shape index (κ3) is 1.27. The number of imidazole rings is 1. The van der Waals surface area contributed by atoms with E-state index < -0.39 is 0 Å². The van der Waals surface area contributed by atoms with E-state index in [2.05, 4.69) is 40.3 Å². The molecule has 0 amide bonds. The molecule has 0 N–H and O–H groups in total. The fraction of sp³-hybridized carbons (Fsp3) is 0.500. The molecule has 0 aliphatic carbocycles. The number of nitrogens with zero attached hydrogens (tertiary/aromatic N) is 4. The van der Waals surface area contributed by atoms with Gasteiger partial charge >= 0.3 is 0 Å². The maximum atomic E-state index is 4.32. The van der Waals surface area contributed by atoms with Crippen LogP contribution in [-0.4, -0.2) is 19.5 Å². The van der Waals surface area contributed by atoms with E-state index >= 15 is 0 Å². The largest absolute Gasteiger partial charge is 0.310 e. The predicted octanol–water partition coefficient (Wildman–Crippen LogP) is 1.89. The monoisotopic (exact) mass is 190 g/mol. The second-order valence-corrected chi connectivity index (χ2v) is 4.42. The van der Waals surface area contributed by atoms with Crippen LogP contribution >= 0.6 is 0 Å². The molecule has 0 aromatic carbocycles. The van der Waals surface area contributed by atoms with Gasteiger partial charge in [0, 0.05) is 5.54 Å². The number of hydrogen-bond acceptors (Lipinski definition) is 3. The van der Waals surface area contributed by atoms with Crippen LogP contribution in [0.1, 0.15) is 26.5 Å². The minimum atomic E-state index is 0.00947. The molecular weight excluding hydrogens is 176 g/mol. The van der Waals surface area contributed by atoms with Crippen LogP contribution in [0, 0.1) is 6.92 Å². The minimum absolute atomic E-state index is 0.00947. The van der Waals surface area contributed by atoms with Gasteiger partial charge in [0.1, 0.15) is 11.8 Å².